The summed E-state index contributed by atoms with van der Waals surface area (Å²) in [4.78, 5) is 23.6. The van der Waals surface area contributed by atoms with E-state index >= 15 is 0 Å². The van der Waals surface area contributed by atoms with Gasteiger partial charge in [-0.3, -0.25) is 14.3 Å². The van der Waals surface area contributed by atoms with E-state index in [1.165, 1.54) is 6.92 Å². The van der Waals surface area contributed by atoms with Gasteiger partial charge in [-0.05, 0) is 55.8 Å². The summed E-state index contributed by atoms with van der Waals surface area (Å²) in [6.45, 7) is 5.53. The largest absolute Gasteiger partial charge is 0.326 e. The van der Waals surface area contributed by atoms with Crippen molar-refractivity contribution in [1.29, 1.82) is 0 Å². The van der Waals surface area contributed by atoms with Gasteiger partial charge in [0.25, 0.3) is 5.91 Å². The number of hydrogen-bond acceptors (Lipinski definition) is 3. The summed E-state index contributed by atoms with van der Waals surface area (Å²) in [7, 11) is 1.83. The Labute approximate surface area is 158 Å². The fourth-order valence-corrected chi connectivity index (χ4v) is 2.88. The van der Waals surface area contributed by atoms with Gasteiger partial charge in [0.1, 0.15) is 0 Å². The minimum absolute atomic E-state index is 0.140. The standard InChI is InChI=1S/C21H22N4O2/c1-13-5-6-14(2)18(11-13)20-12-19(24-25(20)4)21(27)23-17-9-7-16(8-10-17)22-15(3)26/h5-12H,1-4H3,(H,22,26)(H,23,27). The number of carbonyl (C=O) groups excluding carboxylic acids is 2. The van der Waals surface area contributed by atoms with E-state index in [1.54, 1.807) is 35.0 Å². The van der Waals surface area contributed by atoms with Gasteiger partial charge in [0.05, 0.1) is 5.69 Å². The molecule has 0 aliphatic carbocycles. The minimum atomic E-state index is -0.283. The van der Waals surface area contributed by atoms with Crippen LogP contribution in [0.15, 0.2) is 48.5 Å². The van der Waals surface area contributed by atoms with Crippen LogP contribution in [0.5, 0.6) is 0 Å². The number of nitrogens with one attached hydrogen (secondary N) is 2. The highest BCUT2D eigenvalue weighted by atomic mass is 16.2. The molecule has 0 unspecified atom stereocenters. The second-order valence-corrected chi connectivity index (χ2v) is 6.57. The van der Waals surface area contributed by atoms with E-state index in [-0.39, 0.29) is 11.8 Å². The van der Waals surface area contributed by atoms with Crippen molar-refractivity contribution in [2.45, 2.75) is 20.8 Å². The van der Waals surface area contributed by atoms with E-state index in [4.69, 9.17) is 0 Å². The van der Waals surface area contributed by atoms with Crippen molar-refractivity contribution in [1.82, 2.24) is 9.78 Å². The van der Waals surface area contributed by atoms with Crippen LogP contribution in [0.4, 0.5) is 11.4 Å². The van der Waals surface area contributed by atoms with Crippen LogP contribution in [0.25, 0.3) is 11.3 Å². The number of aromatic nitrogens is 2. The molecule has 0 radical (unpaired) electrons. The smallest absolute Gasteiger partial charge is 0.276 e. The van der Waals surface area contributed by atoms with E-state index in [1.807, 2.05) is 20.9 Å². The summed E-state index contributed by atoms with van der Waals surface area (Å²) in [5, 5.41) is 9.88. The summed E-state index contributed by atoms with van der Waals surface area (Å²) in [5.74, 6) is -0.423. The Morgan fingerprint density at radius 3 is 2.19 bits per heavy atom. The Hall–Kier alpha value is -3.41. The average Bonchev–Trinajstić information content (AvgIpc) is 3.00. The van der Waals surface area contributed by atoms with Crippen molar-refractivity contribution in [3.63, 3.8) is 0 Å². The minimum Gasteiger partial charge on any atom is -0.326 e. The maximum Gasteiger partial charge on any atom is 0.276 e. The molecule has 0 atom stereocenters. The molecule has 2 aromatic carbocycles. The molecular weight excluding hydrogens is 340 g/mol. The Kier molecular flexibility index (Phi) is 5.07. The molecule has 1 heterocycles. The van der Waals surface area contributed by atoms with E-state index < -0.39 is 0 Å². The monoisotopic (exact) mass is 362 g/mol. The number of benzene rings is 2. The normalized spacial score (nSPS) is 10.5. The number of carbonyl (C=O) groups is 2. The summed E-state index contributed by atoms with van der Waals surface area (Å²) in [6.07, 6.45) is 0. The zero-order valence-electron chi connectivity index (χ0n) is 15.8. The van der Waals surface area contributed by atoms with E-state index in [0.29, 0.717) is 17.1 Å². The highest BCUT2D eigenvalue weighted by Gasteiger charge is 2.15. The second-order valence-electron chi connectivity index (χ2n) is 6.57. The molecule has 3 aromatic rings. The molecule has 1 aromatic heterocycles. The molecule has 0 saturated carbocycles. The first-order chi connectivity index (χ1) is 12.8. The lowest BCUT2D eigenvalue weighted by atomic mass is 10.0. The lowest BCUT2D eigenvalue weighted by Crippen LogP contribution is -2.13. The molecule has 138 valence electrons. The highest BCUT2D eigenvalue weighted by molar-refractivity contribution is 6.03. The van der Waals surface area contributed by atoms with Gasteiger partial charge >= 0.3 is 0 Å². The third-order valence-corrected chi connectivity index (χ3v) is 4.24. The molecule has 0 saturated heterocycles. The Morgan fingerprint density at radius 2 is 1.56 bits per heavy atom. The Bertz CT molecular complexity index is 1000. The van der Waals surface area contributed by atoms with Gasteiger partial charge in [0.2, 0.25) is 5.91 Å². The van der Waals surface area contributed by atoms with Crippen LogP contribution >= 0.6 is 0 Å². The average molecular weight is 362 g/mol. The summed E-state index contributed by atoms with van der Waals surface area (Å²) in [5.41, 5.74) is 5.89. The zero-order chi connectivity index (χ0) is 19.6. The van der Waals surface area contributed by atoms with Crippen molar-refractivity contribution in [2.24, 2.45) is 7.05 Å². The number of hydrogen-bond donors (Lipinski definition) is 2. The lowest BCUT2D eigenvalue weighted by Gasteiger charge is -2.06. The molecule has 2 N–H and O–H groups in total. The SMILES string of the molecule is CC(=O)Nc1ccc(NC(=O)c2cc(-c3cc(C)ccc3C)n(C)n2)cc1. The fourth-order valence-electron chi connectivity index (χ4n) is 2.88. The molecule has 0 fully saturated rings. The molecule has 0 aliphatic rings. The molecule has 2 amide bonds. The van der Waals surface area contributed by atoms with E-state index in [0.717, 1.165) is 22.4 Å². The first-order valence-corrected chi connectivity index (χ1v) is 8.64. The van der Waals surface area contributed by atoms with Crippen LogP contribution in [-0.2, 0) is 11.8 Å². The van der Waals surface area contributed by atoms with Crippen LogP contribution in [0.2, 0.25) is 0 Å². The molecule has 6 heteroatoms. The van der Waals surface area contributed by atoms with Crippen molar-refractivity contribution in [3.8, 4) is 11.3 Å². The number of amides is 2. The van der Waals surface area contributed by atoms with Crippen molar-refractivity contribution < 1.29 is 9.59 Å². The van der Waals surface area contributed by atoms with Gasteiger partial charge in [-0.2, -0.15) is 5.10 Å². The molecule has 0 aliphatic heterocycles. The van der Waals surface area contributed by atoms with Gasteiger partial charge in [-0.25, -0.2) is 0 Å². The van der Waals surface area contributed by atoms with Crippen molar-refractivity contribution >= 4 is 23.2 Å². The third kappa shape index (κ3) is 4.23. The molecule has 0 bridgehead atoms. The van der Waals surface area contributed by atoms with Gasteiger partial charge < -0.3 is 10.6 Å². The lowest BCUT2D eigenvalue weighted by molar-refractivity contribution is -0.114. The van der Waals surface area contributed by atoms with Crippen LogP contribution in [0.1, 0.15) is 28.5 Å². The first kappa shape index (κ1) is 18.4. The fraction of sp³-hybridized carbons (Fsp3) is 0.190. The second kappa shape index (κ2) is 7.45. The third-order valence-electron chi connectivity index (χ3n) is 4.24. The molecule has 27 heavy (non-hydrogen) atoms. The summed E-state index contributed by atoms with van der Waals surface area (Å²) in [6, 6.07) is 14.9. The van der Waals surface area contributed by atoms with Crippen molar-refractivity contribution in [3.05, 3.63) is 65.4 Å². The Morgan fingerprint density at radius 1 is 0.926 bits per heavy atom. The molecule has 0 spiro atoms. The molecule has 3 rings (SSSR count). The highest BCUT2D eigenvalue weighted by Crippen LogP contribution is 2.25. The Balaban J connectivity index is 1.80. The number of aryl methyl sites for hydroxylation is 3. The zero-order valence-corrected chi connectivity index (χ0v) is 15.8. The van der Waals surface area contributed by atoms with Crippen molar-refractivity contribution in [2.75, 3.05) is 10.6 Å². The quantitative estimate of drug-likeness (QED) is 0.739. The molecule has 6 nitrogen and oxygen atoms in total. The maximum atomic E-state index is 12.6. The number of rotatable bonds is 4. The molecular formula is C21H22N4O2. The van der Waals surface area contributed by atoms with E-state index in [9.17, 15) is 9.59 Å². The van der Waals surface area contributed by atoms with Crippen LogP contribution < -0.4 is 10.6 Å². The van der Waals surface area contributed by atoms with Crippen LogP contribution in [0.3, 0.4) is 0 Å². The van der Waals surface area contributed by atoms with Gasteiger partial charge in [-0.15, -0.1) is 0 Å². The predicted molar refractivity (Wildman–Crippen MR) is 107 cm³/mol. The van der Waals surface area contributed by atoms with Gasteiger partial charge in [0.15, 0.2) is 5.69 Å². The number of anilines is 2. The van der Waals surface area contributed by atoms with Gasteiger partial charge in [-0.1, -0.05) is 17.7 Å². The maximum absolute atomic E-state index is 12.6. The predicted octanol–water partition coefficient (Wildman–Crippen LogP) is 3.91. The summed E-state index contributed by atoms with van der Waals surface area (Å²) < 4.78 is 1.72. The van der Waals surface area contributed by atoms with E-state index in [2.05, 4.69) is 33.9 Å². The summed E-state index contributed by atoms with van der Waals surface area (Å²) >= 11 is 0. The van der Waals surface area contributed by atoms with Crippen LogP contribution in [-0.4, -0.2) is 21.6 Å². The number of nitrogens with zero attached hydrogens (tertiary/aromatic N) is 2. The first-order valence-electron chi connectivity index (χ1n) is 8.64. The topological polar surface area (TPSA) is 76.0 Å². The van der Waals surface area contributed by atoms with Gasteiger partial charge in [0, 0.05) is 30.9 Å². The van der Waals surface area contributed by atoms with Crippen LogP contribution in [0, 0.1) is 13.8 Å².